The number of thiazole rings is 1. The maximum atomic E-state index is 12.6. The monoisotopic (exact) mass is 302 g/mol. The molecule has 6 heteroatoms. The second-order valence-electron chi connectivity index (χ2n) is 5.03. The molecule has 2 aromatic rings. The van der Waals surface area contributed by atoms with Gasteiger partial charge in [-0.2, -0.15) is 0 Å². The molecule has 5 nitrogen and oxygen atoms in total. The van der Waals surface area contributed by atoms with E-state index in [0.29, 0.717) is 17.8 Å². The van der Waals surface area contributed by atoms with Gasteiger partial charge in [0.25, 0.3) is 5.91 Å². The highest BCUT2D eigenvalue weighted by atomic mass is 32.1. The van der Waals surface area contributed by atoms with E-state index in [2.05, 4.69) is 9.88 Å². The summed E-state index contributed by atoms with van der Waals surface area (Å²) in [5, 5.41) is 3.01. The molecule has 0 atom stereocenters. The maximum absolute atomic E-state index is 12.6. The van der Waals surface area contributed by atoms with Gasteiger partial charge in [0.15, 0.2) is 5.13 Å². The van der Waals surface area contributed by atoms with Gasteiger partial charge in [-0.05, 0) is 18.6 Å². The van der Waals surface area contributed by atoms with E-state index >= 15 is 0 Å². The smallest absolute Gasteiger partial charge is 0.256 e. The Hall–Kier alpha value is -2.08. The highest BCUT2D eigenvalue weighted by Gasteiger charge is 2.22. The number of nitrogens with two attached hydrogens (primary N) is 1. The predicted molar refractivity (Wildman–Crippen MR) is 85.7 cm³/mol. The number of nitrogen functional groups attached to an aromatic ring is 1. The van der Waals surface area contributed by atoms with Gasteiger partial charge in [-0.3, -0.25) is 4.79 Å². The van der Waals surface area contributed by atoms with Crippen LogP contribution in [-0.4, -0.2) is 42.0 Å². The van der Waals surface area contributed by atoms with Crippen molar-refractivity contribution in [3.8, 4) is 0 Å². The molecule has 2 heterocycles. The third-order valence-corrected chi connectivity index (χ3v) is 4.50. The first kappa shape index (κ1) is 13.9. The van der Waals surface area contributed by atoms with Crippen LogP contribution in [0, 0.1) is 0 Å². The Bertz CT molecular complexity index is 614. The molecule has 110 valence electrons. The van der Waals surface area contributed by atoms with Gasteiger partial charge >= 0.3 is 0 Å². The van der Waals surface area contributed by atoms with Gasteiger partial charge < -0.3 is 15.5 Å². The summed E-state index contributed by atoms with van der Waals surface area (Å²) in [5.74, 6) is 0.0223. The van der Waals surface area contributed by atoms with Crippen molar-refractivity contribution in [1.29, 1.82) is 0 Å². The van der Waals surface area contributed by atoms with E-state index in [0.717, 1.165) is 31.2 Å². The molecule has 0 radical (unpaired) electrons. The molecule has 1 amide bonds. The number of carbonyl (C=O) groups excluding carboxylic acids is 1. The van der Waals surface area contributed by atoms with Crippen LogP contribution in [0.4, 0.5) is 10.8 Å². The summed E-state index contributed by atoms with van der Waals surface area (Å²) < 4.78 is 0. The van der Waals surface area contributed by atoms with Crippen LogP contribution in [0.25, 0.3) is 0 Å². The van der Waals surface area contributed by atoms with Crippen molar-refractivity contribution in [2.45, 2.75) is 6.42 Å². The molecule has 0 aliphatic carbocycles. The lowest BCUT2D eigenvalue weighted by Gasteiger charge is -2.22. The lowest BCUT2D eigenvalue weighted by Crippen LogP contribution is -2.35. The second-order valence-corrected chi connectivity index (χ2v) is 5.91. The van der Waals surface area contributed by atoms with E-state index in [9.17, 15) is 4.79 Å². The fourth-order valence-electron chi connectivity index (χ4n) is 2.55. The zero-order valence-corrected chi connectivity index (χ0v) is 12.6. The summed E-state index contributed by atoms with van der Waals surface area (Å²) in [4.78, 5) is 21.1. The summed E-state index contributed by atoms with van der Waals surface area (Å²) in [5.41, 5.74) is 7.05. The number of nitrogens with zero attached hydrogens (tertiary/aromatic N) is 3. The Kier molecular flexibility index (Phi) is 4.06. The number of hydrogen-bond donors (Lipinski definition) is 1. The van der Waals surface area contributed by atoms with Gasteiger partial charge in [0.2, 0.25) is 0 Å². The predicted octanol–water partition coefficient (Wildman–Crippen LogP) is 2.08. The number of hydrogen-bond acceptors (Lipinski definition) is 5. The Morgan fingerprint density at radius 3 is 2.81 bits per heavy atom. The highest BCUT2D eigenvalue weighted by molar-refractivity contribution is 7.13. The van der Waals surface area contributed by atoms with Gasteiger partial charge in [0, 0.05) is 43.4 Å². The van der Waals surface area contributed by atoms with Crippen molar-refractivity contribution in [3.05, 3.63) is 41.4 Å². The number of rotatable bonds is 2. The first-order valence-corrected chi connectivity index (χ1v) is 7.92. The fraction of sp³-hybridized carbons (Fsp3) is 0.333. The number of carbonyl (C=O) groups is 1. The highest BCUT2D eigenvalue weighted by Crippen LogP contribution is 2.20. The number of aromatic nitrogens is 1. The SMILES string of the molecule is Nc1ccccc1C(=O)N1CCCN(c2nccs2)CC1. The molecular formula is C15H18N4OS. The molecule has 0 saturated carbocycles. The number of benzene rings is 1. The number of amides is 1. The molecule has 1 aromatic carbocycles. The molecule has 1 fully saturated rings. The molecule has 21 heavy (non-hydrogen) atoms. The van der Waals surface area contributed by atoms with Crippen molar-refractivity contribution in [1.82, 2.24) is 9.88 Å². The van der Waals surface area contributed by atoms with Crippen LogP contribution in [0.2, 0.25) is 0 Å². The van der Waals surface area contributed by atoms with E-state index in [4.69, 9.17) is 5.73 Å². The summed E-state index contributed by atoms with van der Waals surface area (Å²) >= 11 is 1.64. The van der Waals surface area contributed by atoms with E-state index < -0.39 is 0 Å². The van der Waals surface area contributed by atoms with Crippen molar-refractivity contribution < 1.29 is 4.79 Å². The van der Waals surface area contributed by atoms with Crippen LogP contribution >= 0.6 is 11.3 Å². The normalized spacial score (nSPS) is 15.8. The summed E-state index contributed by atoms with van der Waals surface area (Å²) in [7, 11) is 0. The minimum absolute atomic E-state index is 0.0223. The first-order chi connectivity index (χ1) is 10.3. The summed E-state index contributed by atoms with van der Waals surface area (Å²) in [6.07, 6.45) is 2.76. The van der Waals surface area contributed by atoms with Gasteiger partial charge in [0.1, 0.15) is 0 Å². The van der Waals surface area contributed by atoms with Crippen LogP contribution in [0.3, 0.4) is 0 Å². The molecule has 3 rings (SSSR count). The average Bonchev–Trinajstić information content (AvgIpc) is 2.92. The average molecular weight is 302 g/mol. The molecule has 2 N–H and O–H groups in total. The number of anilines is 2. The Labute approximate surface area is 128 Å². The van der Waals surface area contributed by atoms with Crippen molar-refractivity contribution in [3.63, 3.8) is 0 Å². The van der Waals surface area contributed by atoms with Crippen molar-refractivity contribution in [2.75, 3.05) is 36.8 Å². The van der Waals surface area contributed by atoms with Crippen LogP contribution in [0.15, 0.2) is 35.8 Å². The zero-order valence-electron chi connectivity index (χ0n) is 11.7. The lowest BCUT2D eigenvalue weighted by atomic mass is 10.1. The molecule has 1 aromatic heterocycles. The van der Waals surface area contributed by atoms with E-state index in [-0.39, 0.29) is 5.91 Å². The Balaban J connectivity index is 1.70. The molecule has 1 saturated heterocycles. The van der Waals surface area contributed by atoms with Gasteiger partial charge in [-0.1, -0.05) is 12.1 Å². The van der Waals surface area contributed by atoms with Crippen LogP contribution in [0.1, 0.15) is 16.8 Å². The minimum Gasteiger partial charge on any atom is -0.398 e. The largest absolute Gasteiger partial charge is 0.398 e. The van der Waals surface area contributed by atoms with Gasteiger partial charge in [-0.25, -0.2) is 4.98 Å². The second kappa shape index (κ2) is 6.13. The summed E-state index contributed by atoms with van der Waals surface area (Å²) in [6, 6.07) is 7.26. The lowest BCUT2D eigenvalue weighted by molar-refractivity contribution is 0.0768. The molecule has 0 unspecified atom stereocenters. The molecule has 1 aliphatic rings. The maximum Gasteiger partial charge on any atom is 0.256 e. The molecule has 0 bridgehead atoms. The summed E-state index contributed by atoms with van der Waals surface area (Å²) in [6.45, 7) is 3.20. The minimum atomic E-state index is 0.0223. The van der Waals surface area contributed by atoms with E-state index in [1.165, 1.54) is 0 Å². The molecule has 1 aliphatic heterocycles. The zero-order chi connectivity index (χ0) is 14.7. The molecule has 0 spiro atoms. The van der Waals surface area contributed by atoms with Crippen LogP contribution < -0.4 is 10.6 Å². The first-order valence-electron chi connectivity index (χ1n) is 7.04. The van der Waals surface area contributed by atoms with Gasteiger partial charge in [-0.15, -0.1) is 11.3 Å². The van der Waals surface area contributed by atoms with E-state index in [1.807, 2.05) is 28.6 Å². The topological polar surface area (TPSA) is 62.5 Å². The Morgan fingerprint density at radius 2 is 2.05 bits per heavy atom. The van der Waals surface area contributed by atoms with Crippen LogP contribution in [-0.2, 0) is 0 Å². The standard InChI is InChI=1S/C15H18N4OS/c16-13-5-2-1-4-12(13)14(20)18-7-3-8-19(10-9-18)15-17-6-11-21-15/h1-2,4-6,11H,3,7-10,16H2. The fourth-order valence-corrected chi connectivity index (χ4v) is 3.24. The quantitative estimate of drug-likeness (QED) is 0.863. The Morgan fingerprint density at radius 1 is 1.19 bits per heavy atom. The third-order valence-electron chi connectivity index (χ3n) is 3.66. The number of para-hydroxylation sites is 1. The molecular weight excluding hydrogens is 284 g/mol. The van der Waals surface area contributed by atoms with Crippen molar-refractivity contribution >= 4 is 28.1 Å². The van der Waals surface area contributed by atoms with E-state index in [1.54, 1.807) is 23.5 Å². The van der Waals surface area contributed by atoms with Gasteiger partial charge in [0.05, 0.1) is 5.56 Å². The third kappa shape index (κ3) is 3.00. The van der Waals surface area contributed by atoms with Crippen molar-refractivity contribution in [2.24, 2.45) is 0 Å². The van der Waals surface area contributed by atoms with Crippen LogP contribution in [0.5, 0.6) is 0 Å².